The number of hydrogen-bond donors (Lipinski definition) is 1. The minimum atomic E-state index is -3.58. The lowest BCUT2D eigenvalue weighted by Crippen LogP contribution is -2.29. The maximum Gasteiger partial charge on any atom is 0.244 e. The van der Waals surface area contributed by atoms with Gasteiger partial charge in [0, 0.05) is 24.7 Å². The summed E-state index contributed by atoms with van der Waals surface area (Å²) in [6.45, 7) is 5.69. The highest BCUT2D eigenvalue weighted by molar-refractivity contribution is 7.89. The maximum atomic E-state index is 12.8. The van der Waals surface area contributed by atoms with Crippen LogP contribution in [0.1, 0.15) is 19.4 Å². The van der Waals surface area contributed by atoms with Crippen molar-refractivity contribution in [2.75, 3.05) is 20.1 Å². The summed E-state index contributed by atoms with van der Waals surface area (Å²) in [5.74, 6) is 0.699. The minimum absolute atomic E-state index is 0.139. The van der Waals surface area contributed by atoms with Crippen molar-refractivity contribution in [2.45, 2.75) is 25.3 Å². The Morgan fingerprint density at radius 2 is 1.76 bits per heavy atom. The van der Waals surface area contributed by atoms with Gasteiger partial charge in [0.15, 0.2) is 0 Å². The second-order valence-electron chi connectivity index (χ2n) is 5.68. The highest BCUT2D eigenvalue weighted by atomic mass is 35.5. The first kappa shape index (κ1) is 17.0. The monoisotopic (exact) mass is 350 g/mol. The molecule has 21 heavy (non-hydrogen) atoms. The summed E-state index contributed by atoms with van der Waals surface area (Å²) < 4.78 is 27.1. The van der Waals surface area contributed by atoms with E-state index in [1.807, 2.05) is 0 Å². The standard InChI is InChI=1S/C14H20Cl2N2O2S/c1-9-7-18(8-10(9)2)21(19,20)14-4-11(6-17-3)12(15)5-13(14)16/h4-5,9-10,17H,6-8H2,1-3H3. The molecule has 2 unspecified atom stereocenters. The average Bonchev–Trinajstić information content (AvgIpc) is 2.73. The number of hydrogen-bond acceptors (Lipinski definition) is 3. The smallest absolute Gasteiger partial charge is 0.244 e. The first-order chi connectivity index (χ1) is 9.77. The fourth-order valence-corrected chi connectivity index (χ4v) is 4.99. The Kier molecular flexibility index (Phi) is 5.21. The van der Waals surface area contributed by atoms with Crippen molar-refractivity contribution < 1.29 is 8.42 Å². The van der Waals surface area contributed by atoms with E-state index in [1.54, 1.807) is 13.1 Å². The third-order valence-corrected chi connectivity index (χ3v) is 6.69. The molecule has 1 aliphatic rings. The Labute approximate surface area is 136 Å². The second kappa shape index (κ2) is 6.42. The van der Waals surface area contributed by atoms with Gasteiger partial charge in [-0.05, 0) is 36.6 Å². The van der Waals surface area contributed by atoms with Gasteiger partial charge in [-0.1, -0.05) is 37.0 Å². The minimum Gasteiger partial charge on any atom is -0.316 e. The number of nitrogens with one attached hydrogen (secondary N) is 1. The van der Waals surface area contributed by atoms with Gasteiger partial charge in [-0.15, -0.1) is 0 Å². The third-order valence-electron chi connectivity index (χ3n) is 4.04. The number of nitrogens with zero attached hydrogens (tertiary/aromatic N) is 1. The molecule has 118 valence electrons. The average molecular weight is 351 g/mol. The summed E-state index contributed by atoms with van der Waals surface area (Å²) in [6.07, 6.45) is 0. The second-order valence-corrected chi connectivity index (χ2v) is 8.40. The highest BCUT2D eigenvalue weighted by Crippen LogP contribution is 2.34. The Hall–Kier alpha value is -0.330. The van der Waals surface area contributed by atoms with E-state index in [-0.39, 0.29) is 9.92 Å². The molecule has 1 fully saturated rings. The van der Waals surface area contributed by atoms with Crippen molar-refractivity contribution in [3.63, 3.8) is 0 Å². The number of rotatable bonds is 4. The van der Waals surface area contributed by atoms with E-state index in [9.17, 15) is 8.42 Å². The van der Waals surface area contributed by atoms with Crippen LogP contribution in [0.15, 0.2) is 17.0 Å². The molecule has 0 amide bonds. The van der Waals surface area contributed by atoms with Gasteiger partial charge < -0.3 is 5.32 Å². The quantitative estimate of drug-likeness (QED) is 0.907. The van der Waals surface area contributed by atoms with Crippen LogP contribution in [0.5, 0.6) is 0 Å². The summed E-state index contributed by atoms with van der Waals surface area (Å²) in [6, 6.07) is 3.08. The molecule has 2 atom stereocenters. The molecule has 1 heterocycles. The zero-order chi connectivity index (χ0) is 15.8. The van der Waals surface area contributed by atoms with Crippen LogP contribution < -0.4 is 5.32 Å². The van der Waals surface area contributed by atoms with Crippen LogP contribution in [0, 0.1) is 11.8 Å². The van der Waals surface area contributed by atoms with Crippen molar-refractivity contribution >= 4 is 33.2 Å². The molecule has 1 saturated heterocycles. The predicted octanol–water partition coefficient (Wildman–Crippen LogP) is 2.99. The molecule has 0 radical (unpaired) electrons. The third kappa shape index (κ3) is 3.37. The van der Waals surface area contributed by atoms with Gasteiger partial charge in [0.2, 0.25) is 10.0 Å². The molecule has 7 heteroatoms. The van der Waals surface area contributed by atoms with Gasteiger partial charge >= 0.3 is 0 Å². The molecule has 1 aromatic carbocycles. The van der Waals surface area contributed by atoms with Gasteiger partial charge in [0.1, 0.15) is 4.90 Å². The van der Waals surface area contributed by atoms with E-state index in [1.165, 1.54) is 10.4 Å². The summed E-state index contributed by atoms with van der Waals surface area (Å²) in [4.78, 5) is 0.139. The molecule has 0 saturated carbocycles. The van der Waals surface area contributed by atoms with E-state index in [0.29, 0.717) is 36.5 Å². The normalized spacial score (nSPS) is 23.7. The molecule has 0 bridgehead atoms. The fraction of sp³-hybridized carbons (Fsp3) is 0.571. The van der Waals surface area contributed by atoms with Crippen molar-refractivity contribution in [3.05, 3.63) is 27.7 Å². The summed E-state index contributed by atoms with van der Waals surface area (Å²) in [5, 5.41) is 3.61. The van der Waals surface area contributed by atoms with Gasteiger partial charge in [0.05, 0.1) is 5.02 Å². The van der Waals surface area contributed by atoms with Crippen LogP contribution in [-0.4, -0.2) is 32.9 Å². The maximum absolute atomic E-state index is 12.8. The Bertz CT molecular complexity index is 624. The SMILES string of the molecule is CNCc1cc(S(=O)(=O)N2CC(C)C(C)C2)c(Cl)cc1Cl. The van der Waals surface area contributed by atoms with Crippen molar-refractivity contribution in [1.82, 2.24) is 9.62 Å². The topological polar surface area (TPSA) is 49.4 Å². The first-order valence-corrected chi connectivity index (χ1v) is 9.09. The largest absolute Gasteiger partial charge is 0.316 e. The molecular formula is C14H20Cl2N2O2S. The lowest BCUT2D eigenvalue weighted by Gasteiger charge is -2.18. The number of sulfonamides is 1. The van der Waals surface area contributed by atoms with Crippen LogP contribution in [-0.2, 0) is 16.6 Å². The molecule has 0 aliphatic carbocycles. The predicted molar refractivity (Wildman–Crippen MR) is 86.3 cm³/mol. The molecule has 0 aromatic heterocycles. The zero-order valence-corrected chi connectivity index (χ0v) is 14.7. The van der Waals surface area contributed by atoms with Crippen LogP contribution in [0.2, 0.25) is 10.0 Å². The number of halogens is 2. The van der Waals surface area contributed by atoms with Gasteiger partial charge in [-0.25, -0.2) is 8.42 Å². The summed E-state index contributed by atoms with van der Waals surface area (Å²) in [5.41, 5.74) is 0.724. The van der Waals surface area contributed by atoms with Crippen LogP contribution >= 0.6 is 23.2 Å². The first-order valence-electron chi connectivity index (χ1n) is 6.90. The van der Waals surface area contributed by atoms with E-state index < -0.39 is 10.0 Å². The molecule has 1 N–H and O–H groups in total. The highest BCUT2D eigenvalue weighted by Gasteiger charge is 2.36. The lowest BCUT2D eigenvalue weighted by molar-refractivity contribution is 0.463. The van der Waals surface area contributed by atoms with E-state index in [4.69, 9.17) is 23.2 Å². The van der Waals surface area contributed by atoms with Crippen LogP contribution in [0.4, 0.5) is 0 Å². The van der Waals surface area contributed by atoms with Crippen molar-refractivity contribution in [1.29, 1.82) is 0 Å². The molecular weight excluding hydrogens is 331 g/mol. The van der Waals surface area contributed by atoms with Crippen LogP contribution in [0.3, 0.4) is 0 Å². The molecule has 2 rings (SSSR count). The summed E-state index contributed by atoms with van der Waals surface area (Å²) >= 11 is 12.2. The Morgan fingerprint density at radius 1 is 1.19 bits per heavy atom. The van der Waals surface area contributed by atoms with Gasteiger partial charge in [0.25, 0.3) is 0 Å². The van der Waals surface area contributed by atoms with Gasteiger partial charge in [-0.2, -0.15) is 4.31 Å². The van der Waals surface area contributed by atoms with E-state index >= 15 is 0 Å². The molecule has 4 nitrogen and oxygen atoms in total. The van der Waals surface area contributed by atoms with E-state index in [2.05, 4.69) is 19.2 Å². The molecule has 1 aliphatic heterocycles. The van der Waals surface area contributed by atoms with Gasteiger partial charge in [-0.3, -0.25) is 0 Å². The Balaban J connectivity index is 2.43. The van der Waals surface area contributed by atoms with Crippen molar-refractivity contribution in [3.8, 4) is 0 Å². The van der Waals surface area contributed by atoms with Crippen LogP contribution in [0.25, 0.3) is 0 Å². The molecule has 0 spiro atoms. The Morgan fingerprint density at radius 3 is 2.29 bits per heavy atom. The van der Waals surface area contributed by atoms with E-state index in [0.717, 1.165) is 5.56 Å². The van der Waals surface area contributed by atoms with Crippen molar-refractivity contribution in [2.24, 2.45) is 11.8 Å². The fourth-order valence-electron chi connectivity index (χ4n) is 2.51. The molecule has 1 aromatic rings. The zero-order valence-electron chi connectivity index (χ0n) is 12.4. The summed E-state index contributed by atoms with van der Waals surface area (Å²) in [7, 11) is -1.80. The number of benzene rings is 1. The lowest BCUT2D eigenvalue weighted by atomic mass is 10.0.